The lowest BCUT2D eigenvalue weighted by atomic mass is 10.3. The Morgan fingerprint density at radius 2 is 2.06 bits per heavy atom. The van der Waals surface area contributed by atoms with E-state index in [1.165, 1.54) is 17.9 Å². The van der Waals surface area contributed by atoms with Gasteiger partial charge in [-0.05, 0) is 5.92 Å². The third-order valence-corrected chi connectivity index (χ3v) is 4.81. The molecule has 0 aliphatic heterocycles. The molecule has 0 aromatic rings. The van der Waals surface area contributed by atoms with Crippen LogP contribution >= 0.6 is 21.6 Å². The van der Waals surface area contributed by atoms with E-state index in [-0.39, 0.29) is 4.75 Å². The van der Waals surface area contributed by atoms with Crippen molar-refractivity contribution in [2.75, 3.05) is 12.9 Å². The Labute approximate surface area is 110 Å². The Bertz CT molecular complexity index is 318. The summed E-state index contributed by atoms with van der Waals surface area (Å²) in [5, 5.41) is 2.42. The average molecular weight is 275 g/mol. The number of hydrogen-bond donors (Lipinski definition) is 1. The minimum atomic E-state index is -0.705. The van der Waals surface area contributed by atoms with E-state index in [2.05, 4.69) is 30.8 Å². The monoisotopic (exact) mass is 275 g/mol. The molecule has 1 atom stereocenters. The van der Waals surface area contributed by atoms with Crippen molar-refractivity contribution in [3.8, 4) is 12.3 Å². The zero-order chi connectivity index (χ0) is 13.5. The maximum atomic E-state index is 11.4. The van der Waals surface area contributed by atoms with E-state index in [1.807, 2.05) is 5.92 Å². The molecule has 0 bridgehead atoms. The summed E-state index contributed by atoms with van der Waals surface area (Å²) < 4.78 is 4.68. The predicted molar refractivity (Wildman–Crippen MR) is 72.6 cm³/mol. The average Bonchev–Trinajstić information content (AvgIpc) is 2.24. The van der Waals surface area contributed by atoms with Crippen LogP contribution in [0.1, 0.15) is 20.8 Å². The van der Waals surface area contributed by atoms with Gasteiger partial charge in [0.15, 0.2) is 0 Å². The summed E-state index contributed by atoms with van der Waals surface area (Å²) >= 11 is 0. The van der Waals surface area contributed by atoms with Gasteiger partial charge in [0.2, 0.25) is 0 Å². The molecule has 0 saturated heterocycles. The van der Waals surface area contributed by atoms with Crippen molar-refractivity contribution in [3.05, 3.63) is 0 Å². The fraction of sp³-hybridized carbons (Fsp3) is 0.636. The fourth-order valence-corrected chi connectivity index (χ4v) is 3.24. The summed E-state index contributed by atoms with van der Waals surface area (Å²) in [7, 11) is 4.40. The summed E-state index contributed by atoms with van der Waals surface area (Å²) in [5.41, 5.74) is 0. The smallest absolute Gasteiger partial charge is 0.329 e. The predicted octanol–water partition coefficient (Wildman–Crippen LogP) is 1.46. The van der Waals surface area contributed by atoms with Crippen molar-refractivity contribution >= 4 is 33.5 Å². The number of esters is 1. The van der Waals surface area contributed by atoms with Gasteiger partial charge >= 0.3 is 5.97 Å². The van der Waals surface area contributed by atoms with Crippen LogP contribution in [0.4, 0.5) is 0 Å². The lowest BCUT2D eigenvalue weighted by molar-refractivity contribution is -0.143. The third-order valence-electron chi connectivity index (χ3n) is 1.47. The Morgan fingerprint density at radius 3 is 2.47 bits per heavy atom. The molecule has 0 spiro atoms. The Morgan fingerprint density at radius 1 is 1.47 bits per heavy atom. The summed E-state index contributed by atoms with van der Waals surface area (Å²) in [4.78, 5) is 22.4. The fourth-order valence-electron chi connectivity index (χ4n) is 0.790. The van der Waals surface area contributed by atoms with Crippen LogP contribution in [-0.2, 0) is 14.3 Å². The van der Waals surface area contributed by atoms with Crippen LogP contribution in [0.3, 0.4) is 0 Å². The number of carbonyl (C=O) groups is 2. The second-order valence-corrected chi connectivity index (χ2v) is 7.34. The van der Waals surface area contributed by atoms with Crippen LogP contribution in [0.15, 0.2) is 0 Å². The number of methoxy groups -OCH3 is 1. The molecule has 0 fully saturated rings. The molecule has 4 nitrogen and oxygen atoms in total. The zero-order valence-electron chi connectivity index (χ0n) is 10.4. The van der Waals surface area contributed by atoms with E-state index in [4.69, 9.17) is 6.42 Å². The van der Waals surface area contributed by atoms with Gasteiger partial charge in [0.05, 0.1) is 7.11 Å². The second kappa shape index (κ2) is 7.51. The highest BCUT2D eigenvalue weighted by Gasteiger charge is 2.22. The summed E-state index contributed by atoms with van der Waals surface area (Å²) in [6, 6.07) is -0.705. The van der Waals surface area contributed by atoms with E-state index in [0.29, 0.717) is 5.75 Å². The summed E-state index contributed by atoms with van der Waals surface area (Å²) in [6.45, 7) is 6.20. The highest BCUT2D eigenvalue weighted by molar-refractivity contribution is 8.77. The van der Waals surface area contributed by atoms with Gasteiger partial charge in [-0.15, -0.1) is 6.42 Å². The van der Waals surface area contributed by atoms with Gasteiger partial charge in [-0.2, -0.15) is 0 Å². The normalized spacial score (nSPS) is 12.4. The first-order valence-electron chi connectivity index (χ1n) is 4.95. The first-order chi connectivity index (χ1) is 7.80. The van der Waals surface area contributed by atoms with Crippen LogP contribution in [0.2, 0.25) is 0 Å². The van der Waals surface area contributed by atoms with Crippen LogP contribution in [0, 0.1) is 12.3 Å². The van der Waals surface area contributed by atoms with Gasteiger partial charge in [0.25, 0.3) is 5.91 Å². The number of rotatable bonds is 5. The second-order valence-electron chi connectivity index (χ2n) is 4.17. The van der Waals surface area contributed by atoms with Crippen molar-refractivity contribution in [2.24, 2.45) is 0 Å². The Balaban J connectivity index is 4.27. The van der Waals surface area contributed by atoms with Crippen LogP contribution in [-0.4, -0.2) is 35.5 Å². The topological polar surface area (TPSA) is 55.4 Å². The maximum Gasteiger partial charge on any atom is 0.329 e. The lowest BCUT2D eigenvalue weighted by Crippen LogP contribution is -2.42. The molecule has 0 unspecified atom stereocenters. The van der Waals surface area contributed by atoms with Crippen LogP contribution in [0.25, 0.3) is 0 Å². The van der Waals surface area contributed by atoms with Gasteiger partial charge in [0.1, 0.15) is 6.04 Å². The zero-order valence-corrected chi connectivity index (χ0v) is 12.0. The molecule has 1 N–H and O–H groups in total. The molecule has 17 heavy (non-hydrogen) atoms. The number of nitrogens with one attached hydrogen (secondary N) is 1. The number of carbonyl (C=O) groups excluding carboxylic acids is 2. The molecule has 0 aromatic heterocycles. The molecule has 0 radical (unpaired) electrons. The number of ether oxygens (including phenoxy) is 1. The van der Waals surface area contributed by atoms with Gasteiger partial charge in [0, 0.05) is 10.5 Å². The van der Waals surface area contributed by atoms with Crippen molar-refractivity contribution < 1.29 is 14.3 Å². The molecule has 0 saturated carbocycles. The Hall–Kier alpha value is -0.800. The molecular formula is C11H17NO3S2. The minimum absolute atomic E-state index is 0.0848. The van der Waals surface area contributed by atoms with Crippen molar-refractivity contribution in [1.82, 2.24) is 5.32 Å². The molecule has 96 valence electrons. The third kappa shape index (κ3) is 8.00. The lowest BCUT2D eigenvalue weighted by Gasteiger charge is -2.19. The maximum absolute atomic E-state index is 11.4. The SMILES string of the molecule is C#CC(=O)N[C@@H](CSSC(C)(C)C)C(=O)OC. The largest absolute Gasteiger partial charge is 0.467 e. The minimum Gasteiger partial charge on any atom is -0.467 e. The van der Waals surface area contributed by atoms with E-state index >= 15 is 0 Å². The molecule has 0 aliphatic carbocycles. The highest BCUT2D eigenvalue weighted by Crippen LogP contribution is 2.35. The summed E-state index contributed by atoms with van der Waals surface area (Å²) in [6.07, 6.45) is 4.93. The highest BCUT2D eigenvalue weighted by atomic mass is 33.1. The van der Waals surface area contributed by atoms with Gasteiger partial charge < -0.3 is 10.1 Å². The van der Waals surface area contributed by atoms with Crippen molar-refractivity contribution in [3.63, 3.8) is 0 Å². The molecule has 0 rings (SSSR count). The quantitative estimate of drug-likeness (QED) is 0.468. The van der Waals surface area contributed by atoms with Crippen molar-refractivity contribution in [2.45, 2.75) is 31.6 Å². The molecule has 0 aromatic carbocycles. The molecule has 0 aliphatic rings. The molecule has 0 heterocycles. The van der Waals surface area contributed by atoms with Crippen molar-refractivity contribution in [1.29, 1.82) is 0 Å². The number of amides is 1. The van der Waals surface area contributed by atoms with Gasteiger partial charge in [-0.25, -0.2) is 4.79 Å². The first-order valence-corrected chi connectivity index (χ1v) is 7.27. The van der Waals surface area contributed by atoms with Crippen LogP contribution < -0.4 is 5.32 Å². The van der Waals surface area contributed by atoms with E-state index in [9.17, 15) is 9.59 Å². The Kier molecular flexibility index (Phi) is 7.16. The van der Waals surface area contributed by atoms with E-state index < -0.39 is 17.9 Å². The molecule has 6 heteroatoms. The summed E-state index contributed by atoms with van der Waals surface area (Å²) in [5.74, 6) is 1.23. The number of terminal acetylenes is 1. The standard InChI is InChI=1S/C11H17NO3S2/c1-6-9(13)12-8(10(14)15-5)7-16-17-11(2,3)4/h1,8H,7H2,2-5H3,(H,12,13)/t8-/m0/s1. The van der Waals surface area contributed by atoms with Gasteiger partial charge in [-0.3, -0.25) is 4.79 Å². The van der Waals surface area contributed by atoms with Crippen LogP contribution in [0.5, 0.6) is 0 Å². The molecule has 1 amide bonds. The molecular weight excluding hydrogens is 258 g/mol. The number of hydrogen-bond acceptors (Lipinski definition) is 5. The van der Waals surface area contributed by atoms with E-state index in [1.54, 1.807) is 10.8 Å². The first kappa shape index (κ1) is 16.2. The van der Waals surface area contributed by atoms with Gasteiger partial charge in [-0.1, -0.05) is 42.4 Å². The van der Waals surface area contributed by atoms with E-state index in [0.717, 1.165) is 0 Å².